The molecule has 0 aliphatic heterocycles. The van der Waals surface area contributed by atoms with E-state index in [2.05, 4.69) is 0 Å². The summed E-state index contributed by atoms with van der Waals surface area (Å²) in [7, 11) is 0. The predicted octanol–water partition coefficient (Wildman–Crippen LogP) is 0.481. The van der Waals surface area contributed by atoms with E-state index in [9.17, 15) is 19.2 Å². The molecule has 8 heteroatoms. The van der Waals surface area contributed by atoms with Crippen LogP contribution in [0.2, 0.25) is 0 Å². The van der Waals surface area contributed by atoms with E-state index in [1.165, 1.54) is 38.1 Å². The minimum atomic E-state index is -0.981. The summed E-state index contributed by atoms with van der Waals surface area (Å²) in [4.78, 5) is 43.3. The third kappa shape index (κ3) is 8.78. The second-order valence-electron chi connectivity index (χ2n) is 5.29. The fourth-order valence-electron chi connectivity index (χ4n) is 1.90. The minimum absolute atomic E-state index is 0. The number of esters is 1. The Kier molecular flexibility index (Phi) is 13.2. The van der Waals surface area contributed by atoms with Crippen LogP contribution in [0.15, 0.2) is 48.5 Å². The number of benzene rings is 2. The third-order valence-corrected chi connectivity index (χ3v) is 3.34. The van der Waals surface area contributed by atoms with Gasteiger partial charge in [0.05, 0.1) is 17.7 Å². The smallest absolute Gasteiger partial charge is 0.870 e. The van der Waals surface area contributed by atoms with Crippen LogP contribution in [0.4, 0.5) is 0 Å². The van der Waals surface area contributed by atoms with Crippen LogP contribution in [0.1, 0.15) is 62.2 Å². The van der Waals surface area contributed by atoms with Crippen LogP contribution in [-0.2, 0) is 4.74 Å². The molecule has 28 heavy (non-hydrogen) atoms. The van der Waals surface area contributed by atoms with Gasteiger partial charge in [0.1, 0.15) is 0 Å². The molecule has 0 unspecified atom stereocenters. The number of carboxylic acids is 1. The minimum Gasteiger partial charge on any atom is -0.870 e. The van der Waals surface area contributed by atoms with Gasteiger partial charge in [-0.15, -0.1) is 0 Å². The maximum atomic E-state index is 11.2. The first-order chi connectivity index (χ1) is 12.3. The van der Waals surface area contributed by atoms with Gasteiger partial charge < -0.3 is 15.3 Å². The Labute approximate surface area is 175 Å². The van der Waals surface area contributed by atoms with Crippen molar-refractivity contribution in [1.29, 1.82) is 0 Å². The maximum Gasteiger partial charge on any atom is 1.00 e. The van der Waals surface area contributed by atoms with Gasteiger partial charge in [-0.1, -0.05) is 24.3 Å². The molecule has 2 aromatic rings. The Morgan fingerprint density at radius 1 is 0.750 bits per heavy atom. The van der Waals surface area contributed by atoms with Crippen molar-refractivity contribution in [1.82, 2.24) is 0 Å². The van der Waals surface area contributed by atoms with E-state index in [1.54, 1.807) is 31.2 Å². The Hall–Kier alpha value is -2.72. The van der Waals surface area contributed by atoms with E-state index in [0.29, 0.717) is 23.3 Å². The number of Topliss-reactive ketones (excluding diaryl/α,β-unsaturated/α-hetero) is 2. The first kappa shape index (κ1) is 27.5. The summed E-state index contributed by atoms with van der Waals surface area (Å²) < 4.78 is 4.80. The molecule has 0 radical (unpaired) electrons. The van der Waals surface area contributed by atoms with Gasteiger partial charge in [0.15, 0.2) is 11.6 Å². The van der Waals surface area contributed by atoms with Gasteiger partial charge in [-0.25, -0.2) is 9.59 Å². The van der Waals surface area contributed by atoms with Crippen molar-refractivity contribution < 1.29 is 53.4 Å². The summed E-state index contributed by atoms with van der Waals surface area (Å²) in [6, 6.07) is 12.3. The molecule has 0 saturated heterocycles. The van der Waals surface area contributed by atoms with Crippen LogP contribution >= 0.6 is 0 Å². The predicted molar refractivity (Wildman–Crippen MR) is 97.7 cm³/mol. The number of hydrogen-bond donors (Lipinski definition) is 1. The molecule has 2 aromatic carbocycles. The Morgan fingerprint density at radius 3 is 1.36 bits per heavy atom. The van der Waals surface area contributed by atoms with Gasteiger partial charge in [0.2, 0.25) is 0 Å². The number of carboxylic acid groups (broad SMARTS) is 1. The van der Waals surface area contributed by atoms with E-state index in [-0.39, 0.29) is 47.4 Å². The monoisotopic (exact) mass is 380 g/mol. The van der Waals surface area contributed by atoms with Crippen molar-refractivity contribution in [3.8, 4) is 0 Å². The van der Waals surface area contributed by atoms with E-state index >= 15 is 0 Å². The van der Waals surface area contributed by atoms with Crippen LogP contribution in [0.5, 0.6) is 0 Å². The van der Waals surface area contributed by atoms with Crippen LogP contribution in [0, 0.1) is 0 Å². The number of carbonyl (C=O) groups excluding carboxylic acids is 3. The van der Waals surface area contributed by atoms with Gasteiger partial charge in [-0.2, -0.15) is 0 Å². The molecule has 0 saturated carbocycles. The molecular weight excluding hydrogens is 359 g/mol. The summed E-state index contributed by atoms with van der Waals surface area (Å²) in [6.45, 7) is 5.03. The molecule has 7 nitrogen and oxygen atoms in total. The van der Waals surface area contributed by atoms with Gasteiger partial charge in [-0.05, 0) is 45.0 Å². The average Bonchev–Trinajstić information content (AvgIpc) is 2.62. The zero-order valence-corrected chi connectivity index (χ0v) is 16.3. The van der Waals surface area contributed by atoms with Crippen molar-refractivity contribution in [3.63, 3.8) is 0 Å². The number of ketones is 2. The largest absolute Gasteiger partial charge is 1.00 e. The van der Waals surface area contributed by atoms with Gasteiger partial charge >= 0.3 is 30.8 Å². The van der Waals surface area contributed by atoms with Crippen LogP contribution < -0.4 is 18.9 Å². The zero-order chi connectivity index (χ0) is 19.7. The normalized spacial score (nSPS) is 8.82. The topological polar surface area (TPSA) is 128 Å². The van der Waals surface area contributed by atoms with Crippen molar-refractivity contribution in [2.45, 2.75) is 20.8 Å². The van der Waals surface area contributed by atoms with E-state index < -0.39 is 5.97 Å². The van der Waals surface area contributed by atoms with Crippen LogP contribution in [0.25, 0.3) is 0 Å². The Bertz CT molecular complexity index is 763. The molecule has 0 bridgehead atoms. The Morgan fingerprint density at radius 2 is 1.07 bits per heavy atom. The summed E-state index contributed by atoms with van der Waals surface area (Å²) in [5.74, 6) is -1.42. The summed E-state index contributed by atoms with van der Waals surface area (Å²) in [5, 5.41) is 8.53. The van der Waals surface area contributed by atoms with Gasteiger partial charge in [0, 0.05) is 11.1 Å². The molecule has 2 N–H and O–H groups in total. The molecular formula is C20H21LiO7. The number of ether oxygens (including phenoxy) is 1. The second kappa shape index (κ2) is 13.4. The van der Waals surface area contributed by atoms with Crippen molar-refractivity contribution >= 4 is 23.5 Å². The number of aromatic carboxylic acids is 1. The number of rotatable bonds is 5. The summed E-state index contributed by atoms with van der Waals surface area (Å²) in [6.07, 6.45) is 0. The average molecular weight is 380 g/mol. The van der Waals surface area contributed by atoms with Gasteiger partial charge in [-0.3, -0.25) is 9.59 Å². The first-order valence-electron chi connectivity index (χ1n) is 7.88. The van der Waals surface area contributed by atoms with Crippen molar-refractivity contribution in [3.05, 3.63) is 70.8 Å². The van der Waals surface area contributed by atoms with E-state index in [4.69, 9.17) is 9.84 Å². The number of carbonyl (C=O) groups is 4. The number of hydrogen-bond acceptors (Lipinski definition) is 6. The van der Waals surface area contributed by atoms with Crippen LogP contribution in [0.3, 0.4) is 0 Å². The van der Waals surface area contributed by atoms with Crippen molar-refractivity contribution in [2.24, 2.45) is 0 Å². The standard InChI is InChI=1S/C11H12O3.C9H8O3.Li.H2O/c1-3-14-11(13)10-6-4-9(5-7-10)8(2)12;1-6(10)7-2-4-8(5-3-7)9(11)12;;/h4-7H,3H2,1-2H3;2-5H,1H3,(H,11,12);;1H2/q;;+1;/p-1. The molecule has 0 spiro atoms. The zero-order valence-electron chi connectivity index (χ0n) is 16.3. The molecule has 144 valence electrons. The second-order valence-corrected chi connectivity index (χ2v) is 5.29. The molecule has 0 fully saturated rings. The third-order valence-electron chi connectivity index (χ3n) is 3.34. The SMILES string of the molecule is CC(=O)c1ccc(C(=O)O)cc1.CCOC(=O)c1ccc(C(C)=O)cc1.[Li+].[OH-]. The molecule has 0 heterocycles. The van der Waals surface area contributed by atoms with Gasteiger partial charge in [0.25, 0.3) is 0 Å². The quantitative estimate of drug-likeness (QED) is 0.454. The molecule has 0 atom stereocenters. The molecule has 0 aliphatic carbocycles. The summed E-state index contributed by atoms with van der Waals surface area (Å²) >= 11 is 0. The Balaban J connectivity index is 0. The summed E-state index contributed by atoms with van der Waals surface area (Å²) in [5.41, 5.74) is 1.79. The van der Waals surface area contributed by atoms with Crippen LogP contribution in [-0.4, -0.2) is 40.7 Å². The van der Waals surface area contributed by atoms with Crippen molar-refractivity contribution in [2.75, 3.05) is 6.61 Å². The first-order valence-corrected chi connectivity index (χ1v) is 7.88. The molecule has 0 amide bonds. The fraction of sp³-hybridized carbons (Fsp3) is 0.200. The van der Waals surface area contributed by atoms with E-state index in [1.807, 2.05) is 0 Å². The fourth-order valence-corrected chi connectivity index (χ4v) is 1.90. The molecule has 0 aromatic heterocycles. The molecule has 2 rings (SSSR count). The maximum absolute atomic E-state index is 11.2. The van der Waals surface area contributed by atoms with E-state index in [0.717, 1.165) is 0 Å². The molecule has 0 aliphatic rings.